The average Bonchev–Trinajstić information content (AvgIpc) is 2.15. The molecule has 3 nitrogen and oxygen atoms in total. The fourth-order valence-electron chi connectivity index (χ4n) is 0.724. The van der Waals surface area contributed by atoms with Gasteiger partial charge in [0.05, 0.1) is 10.0 Å². The summed E-state index contributed by atoms with van der Waals surface area (Å²) in [4.78, 5) is 3.96. The van der Waals surface area contributed by atoms with Gasteiger partial charge in [0.15, 0.2) is 5.82 Å². The monoisotopic (exact) mass is 229 g/mol. The molecule has 0 aliphatic carbocycles. The minimum atomic E-state index is 0.440. The number of hydrogen-bond donors (Lipinski definition) is 1. The number of aromatic nitrogens is 1. The first-order chi connectivity index (χ1) is 6.74. The summed E-state index contributed by atoms with van der Waals surface area (Å²) < 4.78 is 0. The minimum absolute atomic E-state index is 0.440. The molecule has 0 spiro atoms. The summed E-state index contributed by atoms with van der Waals surface area (Å²) in [6.45, 7) is 1.90. The Morgan fingerprint density at radius 2 is 2.29 bits per heavy atom. The lowest BCUT2D eigenvalue weighted by molar-refractivity contribution is 1.23. The lowest BCUT2D eigenvalue weighted by atomic mass is 10.5. The van der Waals surface area contributed by atoms with Gasteiger partial charge < -0.3 is 0 Å². The van der Waals surface area contributed by atoms with E-state index in [9.17, 15) is 0 Å². The molecule has 1 aromatic heterocycles. The highest BCUT2D eigenvalue weighted by Gasteiger charge is 1.99. The van der Waals surface area contributed by atoms with Gasteiger partial charge in [0.2, 0.25) is 0 Å². The van der Waals surface area contributed by atoms with E-state index < -0.39 is 0 Å². The van der Waals surface area contributed by atoms with Gasteiger partial charge in [0.25, 0.3) is 0 Å². The van der Waals surface area contributed by atoms with Crippen LogP contribution in [0.15, 0.2) is 29.5 Å². The van der Waals surface area contributed by atoms with E-state index in [0.29, 0.717) is 15.9 Å². The van der Waals surface area contributed by atoms with E-state index in [-0.39, 0.29) is 0 Å². The van der Waals surface area contributed by atoms with Crippen molar-refractivity contribution >= 4 is 35.2 Å². The van der Waals surface area contributed by atoms with Gasteiger partial charge in [-0.3, -0.25) is 5.43 Å². The standard InChI is InChI=1S/C9H9Cl2N3/c1-2-3-4-13-14-9-8(11)5-7(10)6-12-9/h2-6H,1H3,(H,12,14)/b3-2+,13-4+. The zero-order valence-corrected chi connectivity index (χ0v) is 9.05. The fraction of sp³-hybridized carbons (Fsp3) is 0.111. The van der Waals surface area contributed by atoms with Crippen molar-refractivity contribution < 1.29 is 0 Å². The van der Waals surface area contributed by atoms with Gasteiger partial charge in [-0.2, -0.15) is 5.10 Å². The van der Waals surface area contributed by atoms with Crippen LogP contribution in [0.3, 0.4) is 0 Å². The van der Waals surface area contributed by atoms with Gasteiger partial charge in [0.1, 0.15) is 0 Å². The molecular weight excluding hydrogens is 221 g/mol. The van der Waals surface area contributed by atoms with Gasteiger partial charge in [0, 0.05) is 12.4 Å². The van der Waals surface area contributed by atoms with Crippen LogP contribution in [0.2, 0.25) is 10.0 Å². The second kappa shape index (κ2) is 5.62. The van der Waals surface area contributed by atoms with Crippen LogP contribution in [0, 0.1) is 0 Å². The summed E-state index contributed by atoms with van der Waals surface area (Å²) >= 11 is 11.5. The number of hydrazone groups is 1. The second-order valence-corrected chi connectivity index (χ2v) is 3.24. The minimum Gasteiger partial charge on any atom is -0.260 e. The number of hydrogen-bond acceptors (Lipinski definition) is 3. The third kappa shape index (κ3) is 3.36. The Balaban J connectivity index is 2.68. The number of pyridine rings is 1. The summed E-state index contributed by atoms with van der Waals surface area (Å²) in [5.41, 5.74) is 2.69. The van der Waals surface area contributed by atoms with Crippen molar-refractivity contribution in [3.63, 3.8) is 0 Å². The van der Waals surface area contributed by atoms with Crippen molar-refractivity contribution in [1.29, 1.82) is 0 Å². The number of allylic oxidation sites excluding steroid dienone is 2. The van der Waals surface area contributed by atoms with Gasteiger partial charge in [-0.05, 0) is 19.1 Å². The first-order valence-corrected chi connectivity index (χ1v) is 4.71. The van der Waals surface area contributed by atoms with E-state index in [4.69, 9.17) is 23.2 Å². The van der Waals surface area contributed by atoms with E-state index in [0.717, 1.165) is 0 Å². The van der Waals surface area contributed by atoms with Crippen molar-refractivity contribution in [2.75, 3.05) is 5.43 Å². The molecular formula is C9H9Cl2N3. The van der Waals surface area contributed by atoms with Crippen LogP contribution in [0.25, 0.3) is 0 Å². The SMILES string of the molecule is C/C=C/C=N/Nc1ncc(Cl)cc1Cl. The van der Waals surface area contributed by atoms with E-state index in [1.807, 2.05) is 13.0 Å². The van der Waals surface area contributed by atoms with Crippen LogP contribution in [0.4, 0.5) is 5.82 Å². The molecule has 0 aliphatic heterocycles. The largest absolute Gasteiger partial charge is 0.260 e. The molecule has 0 bridgehead atoms. The highest BCUT2D eigenvalue weighted by molar-refractivity contribution is 6.35. The quantitative estimate of drug-likeness (QED) is 0.638. The molecule has 74 valence electrons. The molecule has 0 saturated heterocycles. The molecule has 0 atom stereocenters. The first-order valence-electron chi connectivity index (χ1n) is 3.95. The van der Waals surface area contributed by atoms with Crippen molar-refractivity contribution in [1.82, 2.24) is 4.98 Å². The highest BCUT2D eigenvalue weighted by atomic mass is 35.5. The predicted molar refractivity (Wildman–Crippen MR) is 61.2 cm³/mol. The third-order valence-electron chi connectivity index (χ3n) is 1.33. The van der Waals surface area contributed by atoms with Crippen molar-refractivity contribution in [3.8, 4) is 0 Å². The van der Waals surface area contributed by atoms with E-state index >= 15 is 0 Å². The maximum Gasteiger partial charge on any atom is 0.165 e. The molecule has 14 heavy (non-hydrogen) atoms. The molecule has 0 radical (unpaired) electrons. The van der Waals surface area contributed by atoms with Crippen LogP contribution in [0.1, 0.15) is 6.92 Å². The molecule has 1 heterocycles. The summed E-state index contributed by atoms with van der Waals surface area (Å²) in [6.07, 6.45) is 6.76. The Hall–Kier alpha value is -1.06. The molecule has 1 N–H and O–H groups in total. The number of nitrogens with one attached hydrogen (secondary N) is 1. The Kier molecular flexibility index (Phi) is 4.43. The Morgan fingerprint density at radius 3 is 2.93 bits per heavy atom. The van der Waals surface area contributed by atoms with E-state index in [2.05, 4.69) is 15.5 Å². The van der Waals surface area contributed by atoms with Crippen LogP contribution in [0.5, 0.6) is 0 Å². The van der Waals surface area contributed by atoms with E-state index in [1.54, 1.807) is 18.4 Å². The van der Waals surface area contributed by atoms with Crippen LogP contribution in [-0.2, 0) is 0 Å². The van der Waals surface area contributed by atoms with Crippen molar-refractivity contribution in [2.45, 2.75) is 6.92 Å². The summed E-state index contributed by atoms with van der Waals surface area (Å²) in [5, 5.41) is 4.81. The molecule has 0 saturated carbocycles. The smallest absolute Gasteiger partial charge is 0.165 e. The Bertz CT molecular complexity index is 361. The number of anilines is 1. The summed E-state index contributed by atoms with van der Waals surface area (Å²) in [5.74, 6) is 0.483. The highest BCUT2D eigenvalue weighted by Crippen LogP contribution is 2.22. The molecule has 5 heteroatoms. The van der Waals surface area contributed by atoms with E-state index in [1.165, 1.54) is 6.20 Å². The van der Waals surface area contributed by atoms with Crippen LogP contribution >= 0.6 is 23.2 Å². The number of halogens is 2. The normalized spacial score (nSPS) is 11.4. The Morgan fingerprint density at radius 1 is 1.50 bits per heavy atom. The van der Waals surface area contributed by atoms with Gasteiger partial charge in [-0.15, -0.1) is 0 Å². The number of rotatable bonds is 3. The molecule has 1 rings (SSSR count). The van der Waals surface area contributed by atoms with Crippen LogP contribution < -0.4 is 5.43 Å². The van der Waals surface area contributed by atoms with Crippen molar-refractivity contribution in [3.05, 3.63) is 34.5 Å². The lowest BCUT2D eigenvalue weighted by Gasteiger charge is -2.00. The lowest BCUT2D eigenvalue weighted by Crippen LogP contribution is -1.92. The number of nitrogens with zero attached hydrogens (tertiary/aromatic N) is 2. The average molecular weight is 230 g/mol. The molecule has 0 aromatic carbocycles. The topological polar surface area (TPSA) is 37.3 Å². The summed E-state index contributed by atoms with van der Waals surface area (Å²) in [7, 11) is 0. The molecule has 0 unspecified atom stereocenters. The second-order valence-electron chi connectivity index (χ2n) is 2.40. The maximum atomic E-state index is 5.84. The third-order valence-corrected chi connectivity index (χ3v) is 1.83. The first kappa shape index (κ1) is 11.0. The zero-order valence-electron chi connectivity index (χ0n) is 7.54. The molecule has 0 aliphatic rings. The zero-order chi connectivity index (χ0) is 10.4. The van der Waals surface area contributed by atoms with Crippen LogP contribution in [-0.4, -0.2) is 11.2 Å². The Labute approximate surface area is 92.4 Å². The maximum absolute atomic E-state index is 5.84. The van der Waals surface area contributed by atoms with Crippen molar-refractivity contribution in [2.24, 2.45) is 5.10 Å². The predicted octanol–water partition coefficient (Wildman–Crippen LogP) is 3.36. The van der Waals surface area contributed by atoms with Gasteiger partial charge >= 0.3 is 0 Å². The summed E-state index contributed by atoms with van der Waals surface area (Å²) in [6, 6.07) is 1.60. The van der Waals surface area contributed by atoms with Gasteiger partial charge in [-0.25, -0.2) is 4.98 Å². The molecule has 0 fully saturated rings. The van der Waals surface area contributed by atoms with Gasteiger partial charge in [-0.1, -0.05) is 29.3 Å². The molecule has 0 amide bonds. The molecule has 1 aromatic rings. The fourth-order valence-corrected chi connectivity index (χ4v) is 1.15.